The van der Waals surface area contributed by atoms with Crippen LogP contribution in [0.5, 0.6) is 0 Å². The Morgan fingerprint density at radius 3 is 2.62 bits per heavy atom. The maximum Gasteiger partial charge on any atom is 0.407 e. The lowest BCUT2D eigenvalue weighted by atomic mass is 10.1. The molecule has 2 N–H and O–H groups in total. The average molecular weight is 341 g/mol. The second-order valence-corrected chi connectivity index (χ2v) is 7.72. The van der Waals surface area contributed by atoms with E-state index >= 15 is 0 Å². The largest absolute Gasteiger partial charge is 0.444 e. The average Bonchev–Trinajstić information content (AvgIpc) is 2.99. The van der Waals surface area contributed by atoms with Gasteiger partial charge in [0, 0.05) is 25.7 Å². The van der Waals surface area contributed by atoms with Crippen molar-refractivity contribution in [1.82, 2.24) is 15.5 Å². The van der Waals surface area contributed by atoms with Gasteiger partial charge in [0.1, 0.15) is 5.60 Å². The quantitative estimate of drug-likeness (QED) is 0.825. The topological polar surface area (TPSA) is 79.9 Å². The number of hydrogen-bond donors (Lipinski definition) is 2. The highest BCUT2D eigenvalue weighted by molar-refractivity contribution is 5.75. The lowest BCUT2D eigenvalue weighted by molar-refractivity contribution is 0.0476. The van der Waals surface area contributed by atoms with Crippen LogP contribution in [0, 0.1) is 0 Å². The summed E-state index contributed by atoms with van der Waals surface area (Å²) in [6.45, 7) is 9.46. The number of carbonyl (C=O) groups is 2. The first-order valence-corrected chi connectivity index (χ1v) is 8.91. The number of rotatable bonds is 3. The minimum Gasteiger partial charge on any atom is -0.444 e. The maximum atomic E-state index is 12.4. The summed E-state index contributed by atoms with van der Waals surface area (Å²) in [5, 5.41) is 5.88. The Labute approximate surface area is 144 Å². The SMILES string of the molecule is C[C@H](NC(=O)N1CCC[C@H](NC(=O)OC(C)(C)C)C1)[C@H]1CCCO1. The summed E-state index contributed by atoms with van der Waals surface area (Å²) in [7, 11) is 0. The van der Waals surface area contributed by atoms with Crippen molar-refractivity contribution in [2.75, 3.05) is 19.7 Å². The van der Waals surface area contributed by atoms with Gasteiger partial charge in [0.25, 0.3) is 0 Å². The molecule has 3 amide bonds. The molecule has 0 bridgehead atoms. The van der Waals surface area contributed by atoms with E-state index in [9.17, 15) is 9.59 Å². The zero-order valence-corrected chi connectivity index (χ0v) is 15.3. The summed E-state index contributed by atoms with van der Waals surface area (Å²) in [6, 6.07) is -0.162. The fourth-order valence-electron chi connectivity index (χ4n) is 3.13. The molecule has 3 atom stereocenters. The number of piperidine rings is 1. The van der Waals surface area contributed by atoms with Crippen molar-refractivity contribution < 1.29 is 19.1 Å². The number of carbonyl (C=O) groups excluding carboxylic acids is 2. The smallest absolute Gasteiger partial charge is 0.407 e. The highest BCUT2D eigenvalue weighted by Gasteiger charge is 2.29. The van der Waals surface area contributed by atoms with Crippen molar-refractivity contribution in [3.63, 3.8) is 0 Å². The van der Waals surface area contributed by atoms with Crippen LogP contribution in [0.2, 0.25) is 0 Å². The molecule has 0 saturated carbocycles. The van der Waals surface area contributed by atoms with E-state index in [1.807, 2.05) is 27.7 Å². The second-order valence-electron chi connectivity index (χ2n) is 7.72. The van der Waals surface area contributed by atoms with Gasteiger partial charge in [0.05, 0.1) is 12.1 Å². The van der Waals surface area contributed by atoms with Crippen molar-refractivity contribution in [3.8, 4) is 0 Å². The van der Waals surface area contributed by atoms with Crippen molar-refractivity contribution in [1.29, 1.82) is 0 Å². The normalized spacial score (nSPS) is 25.9. The molecule has 2 saturated heterocycles. The number of ether oxygens (including phenoxy) is 2. The van der Waals surface area contributed by atoms with Crippen LogP contribution in [0.1, 0.15) is 53.4 Å². The number of amides is 3. The number of likely N-dealkylation sites (tertiary alicyclic amines) is 1. The van der Waals surface area contributed by atoms with E-state index in [4.69, 9.17) is 9.47 Å². The second kappa shape index (κ2) is 8.05. The zero-order chi connectivity index (χ0) is 17.7. The molecule has 2 fully saturated rings. The molecule has 2 aliphatic rings. The Balaban J connectivity index is 1.79. The standard InChI is InChI=1S/C17H31N3O4/c1-12(14-8-6-10-23-14)18-15(21)20-9-5-7-13(11-20)19-16(22)24-17(2,3)4/h12-14H,5-11H2,1-4H3,(H,18,21)(H,19,22)/t12-,13-,14+/m0/s1. The minimum atomic E-state index is -0.521. The first kappa shape index (κ1) is 18.8. The van der Waals surface area contributed by atoms with Crippen LogP contribution >= 0.6 is 0 Å². The van der Waals surface area contributed by atoms with Gasteiger partial charge in [0.15, 0.2) is 0 Å². The van der Waals surface area contributed by atoms with Gasteiger partial charge in [-0.2, -0.15) is 0 Å². The number of urea groups is 1. The summed E-state index contributed by atoms with van der Waals surface area (Å²) in [5.74, 6) is 0. The molecule has 2 aliphatic heterocycles. The van der Waals surface area contributed by atoms with Crippen LogP contribution in [0.3, 0.4) is 0 Å². The van der Waals surface area contributed by atoms with Gasteiger partial charge >= 0.3 is 12.1 Å². The van der Waals surface area contributed by atoms with Crippen molar-refractivity contribution >= 4 is 12.1 Å². The van der Waals surface area contributed by atoms with Gasteiger partial charge in [-0.05, 0) is 53.4 Å². The van der Waals surface area contributed by atoms with E-state index in [0.29, 0.717) is 13.1 Å². The molecule has 138 valence electrons. The lowest BCUT2D eigenvalue weighted by Gasteiger charge is -2.34. The van der Waals surface area contributed by atoms with E-state index in [0.717, 1.165) is 32.3 Å². The molecule has 0 radical (unpaired) electrons. The Hall–Kier alpha value is -1.50. The van der Waals surface area contributed by atoms with E-state index in [1.165, 1.54) is 0 Å². The van der Waals surface area contributed by atoms with Crippen molar-refractivity contribution in [3.05, 3.63) is 0 Å². The third-order valence-electron chi connectivity index (χ3n) is 4.30. The molecule has 0 aromatic carbocycles. The summed E-state index contributed by atoms with van der Waals surface area (Å²) in [6.07, 6.45) is 3.43. The van der Waals surface area contributed by atoms with Crippen molar-refractivity contribution in [2.45, 2.75) is 77.2 Å². The fourth-order valence-corrected chi connectivity index (χ4v) is 3.13. The molecule has 0 aromatic heterocycles. The number of nitrogens with one attached hydrogen (secondary N) is 2. The van der Waals surface area contributed by atoms with E-state index in [-0.39, 0.29) is 24.2 Å². The molecule has 24 heavy (non-hydrogen) atoms. The molecule has 0 unspecified atom stereocenters. The van der Waals surface area contributed by atoms with E-state index < -0.39 is 11.7 Å². The van der Waals surface area contributed by atoms with Gasteiger partial charge in [-0.1, -0.05) is 0 Å². The Morgan fingerprint density at radius 2 is 2.00 bits per heavy atom. The van der Waals surface area contributed by atoms with Crippen LogP contribution < -0.4 is 10.6 Å². The molecule has 2 rings (SSSR count). The van der Waals surface area contributed by atoms with Gasteiger partial charge in [-0.25, -0.2) is 9.59 Å². The van der Waals surface area contributed by atoms with Gasteiger partial charge in [-0.15, -0.1) is 0 Å². The number of nitrogens with zero attached hydrogens (tertiary/aromatic N) is 1. The monoisotopic (exact) mass is 341 g/mol. The van der Waals surface area contributed by atoms with Gasteiger partial charge in [-0.3, -0.25) is 0 Å². The highest BCUT2D eigenvalue weighted by atomic mass is 16.6. The van der Waals surface area contributed by atoms with Crippen LogP contribution in [0.25, 0.3) is 0 Å². The molecule has 2 heterocycles. The van der Waals surface area contributed by atoms with Crippen LogP contribution in [-0.4, -0.2) is 60.5 Å². The van der Waals surface area contributed by atoms with E-state index in [2.05, 4.69) is 10.6 Å². The Kier molecular flexibility index (Phi) is 6.32. The zero-order valence-electron chi connectivity index (χ0n) is 15.3. The molecule has 0 aliphatic carbocycles. The Morgan fingerprint density at radius 1 is 1.25 bits per heavy atom. The molecule has 0 spiro atoms. The Bertz CT molecular complexity index is 444. The lowest BCUT2D eigenvalue weighted by Crippen LogP contribution is -2.55. The highest BCUT2D eigenvalue weighted by Crippen LogP contribution is 2.17. The summed E-state index contributed by atoms with van der Waals surface area (Å²) < 4.78 is 10.9. The number of hydrogen-bond acceptors (Lipinski definition) is 4. The summed E-state index contributed by atoms with van der Waals surface area (Å²) >= 11 is 0. The molecular weight excluding hydrogens is 310 g/mol. The van der Waals surface area contributed by atoms with Crippen molar-refractivity contribution in [2.24, 2.45) is 0 Å². The van der Waals surface area contributed by atoms with E-state index in [1.54, 1.807) is 4.90 Å². The number of alkyl carbamates (subject to hydrolysis) is 1. The third kappa shape index (κ3) is 5.85. The molecule has 7 nitrogen and oxygen atoms in total. The summed E-state index contributed by atoms with van der Waals surface area (Å²) in [4.78, 5) is 26.1. The first-order valence-electron chi connectivity index (χ1n) is 8.91. The predicted octanol–water partition coefficient (Wildman–Crippen LogP) is 2.25. The predicted molar refractivity (Wildman–Crippen MR) is 90.9 cm³/mol. The van der Waals surface area contributed by atoms with Crippen LogP contribution in [-0.2, 0) is 9.47 Å². The maximum absolute atomic E-state index is 12.4. The molecule has 7 heteroatoms. The fraction of sp³-hybridized carbons (Fsp3) is 0.882. The van der Waals surface area contributed by atoms with Gasteiger partial charge in [0.2, 0.25) is 0 Å². The molecular formula is C17H31N3O4. The van der Waals surface area contributed by atoms with Gasteiger partial charge < -0.3 is 25.0 Å². The third-order valence-corrected chi connectivity index (χ3v) is 4.30. The first-order chi connectivity index (χ1) is 11.2. The summed E-state index contributed by atoms with van der Waals surface area (Å²) in [5.41, 5.74) is -0.521. The van der Waals surface area contributed by atoms with Crippen LogP contribution in [0.15, 0.2) is 0 Å². The van der Waals surface area contributed by atoms with Crippen LogP contribution in [0.4, 0.5) is 9.59 Å². The minimum absolute atomic E-state index is 0.000749. The molecule has 0 aromatic rings.